The van der Waals surface area contributed by atoms with Crippen molar-refractivity contribution in [3.8, 4) is 5.75 Å². The molecule has 0 spiro atoms. The van der Waals surface area contributed by atoms with Crippen LogP contribution in [0.1, 0.15) is 31.4 Å². The van der Waals surface area contributed by atoms with Gasteiger partial charge in [0.1, 0.15) is 5.75 Å². The average Bonchev–Trinajstić information content (AvgIpc) is 2.69. The van der Waals surface area contributed by atoms with Gasteiger partial charge < -0.3 is 10.1 Å². The summed E-state index contributed by atoms with van der Waals surface area (Å²) in [6.45, 7) is 7.76. The second-order valence-electron chi connectivity index (χ2n) is 5.80. The summed E-state index contributed by atoms with van der Waals surface area (Å²) >= 11 is 0. The van der Waals surface area contributed by atoms with E-state index in [1.807, 2.05) is 7.05 Å². The van der Waals surface area contributed by atoms with Gasteiger partial charge in [0.05, 0.1) is 7.11 Å². The second-order valence-corrected chi connectivity index (χ2v) is 5.80. The van der Waals surface area contributed by atoms with Gasteiger partial charge in [0.2, 0.25) is 0 Å². The average molecular weight is 262 g/mol. The van der Waals surface area contributed by atoms with Crippen LogP contribution in [0.4, 0.5) is 0 Å². The molecule has 1 aromatic carbocycles. The van der Waals surface area contributed by atoms with Crippen molar-refractivity contribution in [2.24, 2.45) is 5.92 Å². The van der Waals surface area contributed by atoms with E-state index in [0.717, 1.165) is 24.8 Å². The minimum atomic E-state index is 0.674. The Kier molecular flexibility index (Phi) is 4.83. The predicted molar refractivity (Wildman–Crippen MR) is 79.4 cm³/mol. The number of nitrogens with zero attached hydrogens (tertiary/aromatic N) is 1. The number of hydrogen-bond acceptors (Lipinski definition) is 3. The van der Waals surface area contributed by atoms with Crippen LogP contribution in [-0.4, -0.2) is 31.6 Å². The molecule has 3 nitrogen and oxygen atoms in total. The van der Waals surface area contributed by atoms with E-state index >= 15 is 0 Å². The third kappa shape index (κ3) is 3.48. The Morgan fingerprint density at radius 1 is 1.37 bits per heavy atom. The SMILES string of the molecule is CNCc1ccc(OC)c(CN2CC(C)CC2C)c1. The molecule has 0 bridgehead atoms. The Bertz CT molecular complexity index is 419. The maximum Gasteiger partial charge on any atom is 0.123 e. The maximum absolute atomic E-state index is 5.50. The minimum Gasteiger partial charge on any atom is -0.496 e. The Morgan fingerprint density at radius 3 is 2.74 bits per heavy atom. The van der Waals surface area contributed by atoms with Gasteiger partial charge in [-0.1, -0.05) is 13.0 Å². The molecule has 1 N–H and O–H groups in total. The smallest absolute Gasteiger partial charge is 0.123 e. The van der Waals surface area contributed by atoms with Crippen molar-refractivity contribution >= 4 is 0 Å². The number of hydrogen-bond donors (Lipinski definition) is 1. The summed E-state index contributed by atoms with van der Waals surface area (Å²) in [5, 5.41) is 3.20. The van der Waals surface area contributed by atoms with E-state index in [1.54, 1.807) is 7.11 Å². The molecule has 1 fully saturated rings. The van der Waals surface area contributed by atoms with Gasteiger partial charge >= 0.3 is 0 Å². The van der Waals surface area contributed by atoms with Crippen molar-refractivity contribution in [2.45, 2.75) is 39.4 Å². The fourth-order valence-corrected chi connectivity index (χ4v) is 3.09. The summed E-state index contributed by atoms with van der Waals surface area (Å²) in [7, 11) is 3.74. The summed E-state index contributed by atoms with van der Waals surface area (Å²) in [4.78, 5) is 2.56. The van der Waals surface area contributed by atoms with Gasteiger partial charge in [0.15, 0.2) is 0 Å². The molecular formula is C16H26N2O. The largest absolute Gasteiger partial charge is 0.496 e. The molecule has 0 saturated carbocycles. The molecule has 2 unspecified atom stereocenters. The first kappa shape index (κ1) is 14.4. The van der Waals surface area contributed by atoms with Crippen LogP contribution in [0.2, 0.25) is 0 Å². The summed E-state index contributed by atoms with van der Waals surface area (Å²) < 4.78 is 5.50. The molecule has 1 saturated heterocycles. The van der Waals surface area contributed by atoms with Crippen molar-refractivity contribution in [1.29, 1.82) is 0 Å². The number of rotatable bonds is 5. The molecule has 106 valence electrons. The molecule has 1 aliphatic rings. The fraction of sp³-hybridized carbons (Fsp3) is 0.625. The monoisotopic (exact) mass is 262 g/mol. The Hall–Kier alpha value is -1.06. The molecule has 0 amide bonds. The first-order chi connectivity index (χ1) is 9.13. The summed E-state index contributed by atoms with van der Waals surface area (Å²) in [5.41, 5.74) is 2.62. The highest BCUT2D eigenvalue weighted by molar-refractivity contribution is 5.37. The highest BCUT2D eigenvalue weighted by atomic mass is 16.5. The fourth-order valence-electron chi connectivity index (χ4n) is 3.09. The van der Waals surface area contributed by atoms with E-state index in [1.165, 1.54) is 24.1 Å². The van der Waals surface area contributed by atoms with E-state index < -0.39 is 0 Å². The van der Waals surface area contributed by atoms with Gasteiger partial charge in [0, 0.05) is 31.2 Å². The molecule has 2 rings (SSSR count). The number of methoxy groups -OCH3 is 1. The third-order valence-electron chi connectivity index (χ3n) is 4.01. The first-order valence-electron chi connectivity index (χ1n) is 7.18. The highest BCUT2D eigenvalue weighted by Crippen LogP contribution is 2.28. The van der Waals surface area contributed by atoms with Crippen LogP contribution in [0.5, 0.6) is 5.75 Å². The molecule has 1 aromatic rings. The van der Waals surface area contributed by atoms with Crippen LogP contribution in [0, 0.1) is 5.92 Å². The van der Waals surface area contributed by atoms with Crippen molar-refractivity contribution in [2.75, 3.05) is 20.7 Å². The van der Waals surface area contributed by atoms with Crippen molar-refractivity contribution in [3.63, 3.8) is 0 Å². The lowest BCUT2D eigenvalue weighted by atomic mass is 10.1. The molecular weight excluding hydrogens is 236 g/mol. The lowest BCUT2D eigenvalue weighted by molar-refractivity contribution is 0.252. The molecule has 0 aromatic heterocycles. The van der Waals surface area contributed by atoms with E-state index in [9.17, 15) is 0 Å². The van der Waals surface area contributed by atoms with Crippen molar-refractivity contribution in [1.82, 2.24) is 10.2 Å². The lowest BCUT2D eigenvalue weighted by Crippen LogP contribution is -2.26. The topological polar surface area (TPSA) is 24.5 Å². The van der Waals surface area contributed by atoms with Crippen molar-refractivity contribution in [3.05, 3.63) is 29.3 Å². The van der Waals surface area contributed by atoms with Crippen LogP contribution < -0.4 is 10.1 Å². The van der Waals surface area contributed by atoms with Crippen LogP contribution in [-0.2, 0) is 13.1 Å². The highest BCUT2D eigenvalue weighted by Gasteiger charge is 2.26. The zero-order chi connectivity index (χ0) is 13.8. The standard InChI is InChI=1S/C16H26N2O/c1-12-7-13(2)18(10-12)11-15-8-14(9-17-3)5-6-16(15)19-4/h5-6,8,12-13,17H,7,9-11H2,1-4H3. The molecule has 1 aliphatic heterocycles. The van der Waals surface area contributed by atoms with Crippen LogP contribution in [0.25, 0.3) is 0 Å². The number of ether oxygens (including phenoxy) is 1. The molecule has 3 heteroatoms. The van der Waals surface area contributed by atoms with E-state index in [4.69, 9.17) is 4.74 Å². The summed E-state index contributed by atoms with van der Waals surface area (Å²) in [6.07, 6.45) is 1.30. The lowest BCUT2D eigenvalue weighted by Gasteiger charge is -2.22. The molecule has 0 aliphatic carbocycles. The maximum atomic E-state index is 5.50. The zero-order valence-electron chi connectivity index (χ0n) is 12.6. The molecule has 2 atom stereocenters. The minimum absolute atomic E-state index is 0.674. The quantitative estimate of drug-likeness (QED) is 0.883. The van der Waals surface area contributed by atoms with Gasteiger partial charge in [-0.05, 0) is 44.0 Å². The van der Waals surface area contributed by atoms with E-state index in [-0.39, 0.29) is 0 Å². The van der Waals surface area contributed by atoms with E-state index in [2.05, 4.69) is 42.3 Å². The number of likely N-dealkylation sites (tertiary alicyclic amines) is 1. The Labute approximate surface area is 116 Å². The molecule has 19 heavy (non-hydrogen) atoms. The zero-order valence-corrected chi connectivity index (χ0v) is 12.6. The number of benzene rings is 1. The van der Waals surface area contributed by atoms with Gasteiger partial charge in [-0.2, -0.15) is 0 Å². The van der Waals surface area contributed by atoms with E-state index in [0.29, 0.717) is 6.04 Å². The van der Waals surface area contributed by atoms with Crippen LogP contribution in [0.15, 0.2) is 18.2 Å². The predicted octanol–water partition coefficient (Wildman–Crippen LogP) is 2.64. The Balaban J connectivity index is 2.15. The van der Waals surface area contributed by atoms with Gasteiger partial charge in [0.25, 0.3) is 0 Å². The van der Waals surface area contributed by atoms with Crippen LogP contribution in [0.3, 0.4) is 0 Å². The van der Waals surface area contributed by atoms with Crippen molar-refractivity contribution < 1.29 is 4.74 Å². The van der Waals surface area contributed by atoms with Gasteiger partial charge in [-0.25, -0.2) is 0 Å². The van der Waals surface area contributed by atoms with Gasteiger partial charge in [-0.3, -0.25) is 4.90 Å². The second kappa shape index (κ2) is 6.40. The van der Waals surface area contributed by atoms with Gasteiger partial charge in [-0.15, -0.1) is 0 Å². The molecule has 0 radical (unpaired) electrons. The summed E-state index contributed by atoms with van der Waals surface area (Å²) in [6, 6.07) is 7.17. The third-order valence-corrected chi connectivity index (χ3v) is 4.01. The normalized spacial score (nSPS) is 23.8. The molecule has 1 heterocycles. The summed E-state index contributed by atoms with van der Waals surface area (Å²) in [5.74, 6) is 1.81. The number of nitrogens with one attached hydrogen (secondary N) is 1. The first-order valence-corrected chi connectivity index (χ1v) is 7.18. The van der Waals surface area contributed by atoms with Crippen LogP contribution >= 0.6 is 0 Å². The Morgan fingerprint density at radius 2 is 2.16 bits per heavy atom.